The van der Waals surface area contributed by atoms with Gasteiger partial charge in [0.25, 0.3) is 0 Å². The molecule has 1 heterocycles. The third kappa shape index (κ3) is 3.08. The van der Waals surface area contributed by atoms with Crippen LogP contribution in [0.25, 0.3) is 22.1 Å². The Kier molecular flexibility index (Phi) is 4.37. The van der Waals surface area contributed by atoms with Crippen molar-refractivity contribution in [3.05, 3.63) is 42.5 Å². The first-order valence-electron chi connectivity index (χ1n) is 7.76. The molecule has 0 amide bonds. The van der Waals surface area contributed by atoms with Crippen LogP contribution in [0.1, 0.15) is 19.8 Å². The molecule has 0 saturated heterocycles. The van der Waals surface area contributed by atoms with Crippen LogP contribution in [0.15, 0.2) is 42.5 Å². The van der Waals surface area contributed by atoms with Gasteiger partial charge in [0.15, 0.2) is 11.3 Å². The number of benzene rings is 2. The molecule has 0 fully saturated rings. The number of ether oxygens (including phenoxy) is 1. The van der Waals surface area contributed by atoms with Crippen molar-refractivity contribution in [3.63, 3.8) is 0 Å². The topological polar surface area (TPSA) is 63.3 Å². The van der Waals surface area contributed by atoms with Crippen molar-refractivity contribution in [1.82, 2.24) is 4.98 Å². The van der Waals surface area contributed by atoms with Gasteiger partial charge in [-0.25, -0.2) is 4.98 Å². The number of aliphatic carboxylic acids is 1. The molecule has 5 nitrogen and oxygen atoms in total. The lowest BCUT2D eigenvalue weighted by Gasteiger charge is -2.09. The van der Waals surface area contributed by atoms with Crippen molar-refractivity contribution >= 4 is 28.0 Å². The maximum absolute atomic E-state index is 10.6. The van der Waals surface area contributed by atoms with Crippen molar-refractivity contribution in [2.24, 2.45) is 0 Å². The molecular formula is C18H19N2O3+. The number of carbonyl (C=O) groups is 1. The summed E-state index contributed by atoms with van der Waals surface area (Å²) in [4.78, 5) is 15.3. The lowest BCUT2D eigenvalue weighted by Crippen LogP contribution is -2.34. The molecule has 0 saturated carbocycles. The van der Waals surface area contributed by atoms with Crippen LogP contribution in [0.4, 0.5) is 0 Å². The highest BCUT2D eigenvalue weighted by Gasteiger charge is 2.17. The second-order valence-electron chi connectivity index (χ2n) is 5.31. The zero-order chi connectivity index (χ0) is 16.2. The van der Waals surface area contributed by atoms with Crippen LogP contribution in [0.3, 0.4) is 0 Å². The van der Waals surface area contributed by atoms with Gasteiger partial charge in [0.2, 0.25) is 11.0 Å². The number of nitrogens with zero attached hydrogens (tertiary/aromatic N) is 2. The van der Waals surface area contributed by atoms with E-state index in [0.29, 0.717) is 18.8 Å². The lowest BCUT2D eigenvalue weighted by atomic mass is 10.2. The van der Waals surface area contributed by atoms with E-state index in [9.17, 15) is 4.79 Å². The first-order valence-corrected chi connectivity index (χ1v) is 7.76. The maximum Gasteiger partial charge on any atom is 0.303 e. The molecule has 0 aliphatic rings. The van der Waals surface area contributed by atoms with E-state index in [1.807, 2.05) is 36.4 Å². The predicted molar refractivity (Wildman–Crippen MR) is 87.5 cm³/mol. The molecule has 5 heteroatoms. The van der Waals surface area contributed by atoms with Gasteiger partial charge >= 0.3 is 5.97 Å². The predicted octanol–water partition coefficient (Wildman–Crippen LogP) is 2.94. The third-order valence-electron chi connectivity index (χ3n) is 3.78. The fourth-order valence-electron chi connectivity index (χ4n) is 2.74. The van der Waals surface area contributed by atoms with E-state index in [4.69, 9.17) is 14.8 Å². The zero-order valence-corrected chi connectivity index (χ0v) is 13.0. The van der Waals surface area contributed by atoms with Gasteiger partial charge < -0.3 is 9.84 Å². The van der Waals surface area contributed by atoms with Gasteiger partial charge in [0.05, 0.1) is 6.61 Å². The molecule has 0 aliphatic heterocycles. The van der Waals surface area contributed by atoms with E-state index in [1.54, 1.807) is 0 Å². The number of fused-ring (bicyclic) bond motifs is 2. The molecule has 0 unspecified atom stereocenters. The normalized spacial score (nSPS) is 11.0. The molecule has 2 aromatic carbocycles. The van der Waals surface area contributed by atoms with Gasteiger partial charge in [-0.3, -0.25) is 4.79 Å². The Morgan fingerprint density at radius 2 is 1.96 bits per heavy atom. The highest BCUT2D eigenvalue weighted by atomic mass is 16.5. The molecule has 3 rings (SSSR count). The summed E-state index contributed by atoms with van der Waals surface area (Å²) >= 11 is 0. The third-order valence-corrected chi connectivity index (χ3v) is 3.78. The quantitative estimate of drug-likeness (QED) is 0.432. The molecule has 118 valence electrons. The van der Waals surface area contributed by atoms with E-state index in [-0.39, 0.29) is 6.42 Å². The minimum Gasteiger partial charge on any atom is -0.491 e. The number of hydrogen-bond donors (Lipinski definition) is 1. The largest absolute Gasteiger partial charge is 0.491 e. The number of rotatable bonds is 6. The van der Waals surface area contributed by atoms with Gasteiger partial charge in [0, 0.05) is 18.6 Å². The molecule has 1 aromatic heterocycles. The number of carboxylic acid groups (broad SMARTS) is 1. The molecule has 0 atom stereocenters. The second-order valence-corrected chi connectivity index (χ2v) is 5.31. The van der Waals surface area contributed by atoms with Gasteiger partial charge in [-0.2, -0.15) is 4.57 Å². The monoisotopic (exact) mass is 311 g/mol. The Hall–Kier alpha value is -2.69. The summed E-state index contributed by atoms with van der Waals surface area (Å²) in [6.07, 6.45) is 0.586. The average Bonchev–Trinajstić information content (AvgIpc) is 2.56. The minimum absolute atomic E-state index is 0.107. The summed E-state index contributed by atoms with van der Waals surface area (Å²) in [5.74, 6) is -0.111. The van der Waals surface area contributed by atoms with Crippen molar-refractivity contribution < 1.29 is 19.2 Å². The summed E-state index contributed by atoms with van der Waals surface area (Å²) in [5.41, 5.74) is 3.83. The SMILES string of the molecule is CC[n+]1c2ccccc2nc2c(OCCCC(=O)O)cccc21. The number of carboxylic acids is 1. The Morgan fingerprint density at radius 1 is 1.17 bits per heavy atom. The number of aromatic nitrogens is 2. The van der Waals surface area contributed by atoms with Crippen molar-refractivity contribution in [1.29, 1.82) is 0 Å². The highest BCUT2D eigenvalue weighted by molar-refractivity contribution is 5.85. The molecule has 0 bridgehead atoms. The van der Waals surface area contributed by atoms with E-state index in [2.05, 4.69) is 17.6 Å². The molecular weight excluding hydrogens is 292 g/mol. The van der Waals surface area contributed by atoms with E-state index in [0.717, 1.165) is 28.6 Å². The summed E-state index contributed by atoms with van der Waals surface area (Å²) in [6, 6.07) is 13.9. The summed E-state index contributed by atoms with van der Waals surface area (Å²) in [6.45, 7) is 3.31. The first kappa shape index (κ1) is 15.2. The van der Waals surface area contributed by atoms with Crippen LogP contribution in [0, 0.1) is 0 Å². The van der Waals surface area contributed by atoms with Crippen LogP contribution in [-0.2, 0) is 11.3 Å². The van der Waals surface area contributed by atoms with E-state index in [1.165, 1.54) is 0 Å². The van der Waals surface area contributed by atoms with Crippen molar-refractivity contribution in [2.45, 2.75) is 26.3 Å². The Labute approximate surface area is 134 Å². The van der Waals surface area contributed by atoms with E-state index >= 15 is 0 Å². The second kappa shape index (κ2) is 6.60. The highest BCUT2D eigenvalue weighted by Crippen LogP contribution is 2.24. The van der Waals surface area contributed by atoms with Crippen molar-refractivity contribution in [2.75, 3.05) is 6.61 Å². The smallest absolute Gasteiger partial charge is 0.303 e. The maximum atomic E-state index is 10.6. The van der Waals surface area contributed by atoms with Crippen LogP contribution in [0.2, 0.25) is 0 Å². The molecule has 1 N–H and O–H groups in total. The summed E-state index contributed by atoms with van der Waals surface area (Å²) in [5, 5.41) is 8.70. The number of aryl methyl sites for hydroxylation is 1. The standard InChI is InChI=1S/C18H18N2O3/c1-2-20-14-8-4-3-7-13(14)19-18-15(20)9-5-10-16(18)23-12-6-11-17(21)22/h3-5,7-10H,2,6,11-12H2,1H3/p+1. The van der Waals surface area contributed by atoms with Crippen LogP contribution in [0.5, 0.6) is 5.75 Å². The van der Waals surface area contributed by atoms with Crippen LogP contribution < -0.4 is 9.30 Å². The van der Waals surface area contributed by atoms with Crippen molar-refractivity contribution in [3.8, 4) is 5.75 Å². The number of para-hydroxylation sites is 3. The Balaban J connectivity index is 2.03. The Morgan fingerprint density at radius 3 is 2.74 bits per heavy atom. The molecule has 23 heavy (non-hydrogen) atoms. The molecule has 3 aromatic rings. The molecule has 0 radical (unpaired) electrons. The fraction of sp³-hybridized carbons (Fsp3) is 0.278. The van der Waals surface area contributed by atoms with Gasteiger partial charge in [-0.1, -0.05) is 18.2 Å². The van der Waals surface area contributed by atoms with Gasteiger partial charge in [0.1, 0.15) is 12.1 Å². The van der Waals surface area contributed by atoms with Gasteiger partial charge in [-0.15, -0.1) is 0 Å². The fourth-order valence-corrected chi connectivity index (χ4v) is 2.74. The Bertz CT molecular complexity index is 861. The minimum atomic E-state index is -0.806. The zero-order valence-electron chi connectivity index (χ0n) is 13.0. The first-order chi connectivity index (χ1) is 11.2. The van der Waals surface area contributed by atoms with E-state index < -0.39 is 5.97 Å². The molecule has 0 aliphatic carbocycles. The van der Waals surface area contributed by atoms with Crippen LogP contribution >= 0.6 is 0 Å². The molecule has 0 spiro atoms. The summed E-state index contributed by atoms with van der Waals surface area (Å²) < 4.78 is 7.99. The number of hydrogen-bond acceptors (Lipinski definition) is 3. The van der Waals surface area contributed by atoms with Gasteiger partial charge in [-0.05, 0) is 25.5 Å². The van der Waals surface area contributed by atoms with Crippen LogP contribution in [-0.4, -0.2) is 22.7 Å². The summed E-state index contributed by atoms with van der Waals surface area (Å²) in [7, 11) is 0. The lowest BCUT2D eigenvalue weighted by molar-refractivity contribution is -0.641. The average molecular weight is 311 g/mol.